The minimum Gasteiger partial charge on any atom is -0.457 e. The maximum absolute atomic E-state index is 12.1. The molecule has 0 aliphatic carbocycles. The highest BCUT2D eigenvalue weighted by molar-refractivity contribution is 5.89. The van der Waals surface area contributed by atoms with Crippen molar-refractivity contribution in [2.45, 2.75) is 18.6 Å². The zero-order chi connectivity index (χ0) is 16.1. The second-order valence-corrected chi connectivity index (χ2v) is 5.87. The number of likely N-dealkylation sites (tertiary alicyclic amines) is 1. The quantitative estimate of drug-likeness (QED) is 0.863. The summed E-state index contributed by atoms with van der Waals surface area (Å²) in [5.74, 6) is -0.277. The van der Waals surface area contributed by atoms with Crippen LogP contribution < -0.4 is 0 Å². The normalized spacial score (nSPS) is 19.4. The molecular formula is C19H21NO3. The summed E-state index contributed by atoms with van der Waals surface area (Å²) in [5.41, 5.74) is 1.49. The highest BCUT2D eigenvalue weighted by atomic mass is 16.5. The Balaban J connectivity index is 1.50. The zero-order valence-electron chi connectivity index (χ0n) is 13.0. The van der Waals surface area contributed by atoms with Gasteiger partial charge < -0.3 is 9.84 Å². The molecule has 1 fully saturated rings. The fourth-order valence-electron chi connectivity index (χ4n) is 2.88. The van der Waals surface area contributed by atoms with Crippen LogP contribution in [0.15, 0.2) is 60.7 Å². The number of benzene rings is 2. The van der Waals surface area contributed by atoms with Gasteiger partial charge in [0, 0.05) is 19.6 Å². The van der Waals surface area contributed by atoms with E-state index in [2.05, 4.69) is 4.90 Å². The molecule has 1 saturated heterocycles. The first kappa shape index (κ1) is 15.7. The Morgan fingerprint density at radius 3 is 2.48 bits per heavy atom. The molecule has 2 atom stereocenters. The van der Waals surface area contributed by atoms with Gasteiger partial charge in [-0.05, 0) is 24.1 Å². The summed E-state index contributed by atoms with van der Waals surface area (Å²) in [6, 6.07) is 18.7. The molecule has 0 amide bonds. The molecule has 0 spiro atoms. The van der Waals surface area contributed by atoms with Gasteiger partial charge in [0.15, 0.2) is 0 Å². The molecule has 1 heterocycles. The fourth-order valence-corrected chi connectivity index (χ4v) is 2.88. The van der Waals surface area contributed by atoms with Gasteiger partial charge in [-0.25, -0.2) is 4.79 Å². The van der Waals surface area contributed by atoms with Crippen molar-refractivity contribution in [3.05, 3.63) is 71.8 Å². The van der Waals surface area contributed by atoms with Crippen molar-refractivity contribution in [2.24, 2.45) is 0 Å². The van der Waals surface area contributed by atoms with Gasteiger partial charge in [0.1, 0.15) is 6.10 Å². The van der Waals surface area contributed by atoms with Crippen LogP contribution in [0.3, 0.4) is 0 Å². The highest BCUT2D eigenvalue weighted by Gasteiger charge is 2.27. The van der Waals surface area contributed by atoms with Crippen molar-refractivity contribution < 1.29 is 14.6 Å². The minimum absolute atomic E-state index is 0.106. The number of ether oxygens (including phenoxy) is 1. The molecule has 0 aromatic heterocycles. The van der Waals surface area contributed by atoms with Crippen LogP contribution in [0, 0.1) is 0 Å². The van der Waals surface area contributed by atoms with E-state index < -0.39 is 6.10 Å². The molecule has 0 radical (unpaired) electrons. The largest absolute Gasteiger partial charge is 0.457 e. The van der Waals surface area contributed by atoms with Crippen molar-refractivity contribution in [3.63, 3.8) is 0 Å². The molecule has 1 N–H and O–H groups in total. The van der Waals surface area contributed by atoms with E-state index in [-0.39, 0.29) is 12.1 Å². The van der Waals surface area contributed by atoms with Gasteiger partial charge >= 0.3 is 5.97 Å². The molecule has 4 heteroatoms. The van der Waals surface area contributed by atoms with Crippen LogP contribution in [0.4, 0.5) is 0 Å². The van der Waals surface area contributed by atoms with Gasteiger partial charge in [-0.2, -0.15) is 0 Å². The van der Waals surface area contributed by atoms with Gasteiger partial charge in [-0.3, -0.25) is 4.90 Å². The summed E-state index contributed by atoms with van der Waals surface area (Å²) < 4.78 is 5.55. The van der Waals surface area contributed by atoms with E-state index in [9.17, 15) is 9.90 Å². The van der Waals surface area contributed by atoms with E-state index in [0.717, 1.165) is 18.5 Å². The van der Waals surface area contributed by atoms with Crippen LogP contribution in [0.5, 0.6) is 0 Å². The molecule has 3 rings (SSSR count). The number of carbonyl (C=O) groups excluding carboxylic acids is 1. The number of hydrogen-bond acceptors (Lipinski definition) is 4. The summed E-state index contributed by atoms with van der Waals surface area (Å²) in [6.45, 7) is 2.06. The van der Waals surface area contributed by atoms with Gasteiger partial charge in [-0.15, -0.1) is 0 Å². The number of rotatable bonds is 5. The van der Waals surface area contributed by atoms with Gasteiger partial charge in [0.2, 0.25) is 0 Å². The Bertz CT molecular complexity index is 630. The molecule has 1 aliphatic heterocycles. The number of hydrogen-bond donors (Lipinski definition) is 1. The van der Waals surface area contributed by atoms with Crippen LogP contribution in [0.1, 0.15) is 28.4 Å². The summed E-state index contributed by atoms with van der Waals surface area (Å²) in [6.07, 6.45) is 0.186. The molecule has 2 unspecified atom stereocenters. The monoisotopic (exact) mass is 311 g/mol. The lowest BCUT2D eigenvalue weighted by Gasteiger charge is -2.20. The summed E-state index contributed by atoms with van der Waals surface area (Å²) >= 11 is 0. The van der Waals surface area contributed by atoms with E-state index >= 15 is 0 Å². The lowest BCUT2D eigenvalue weighted by molar-refractivity contribution is 0.0309. The van der Waals surface area contributed by atoms with Gasteiger partial charge in [0.05, 0.1) is 11.7 Å². The second kappa shape index (κ2) is 7.40. The van der Waals surface area contributed by atoms with Crippen molar-refractivity contribution in [1.29, 1.82) is 0 Å². The number of esters is 1. The van der Waals surface area contributed by atoms with Crippen LogP contribution in [0.25, 0.3) is 0 Å². The van der Waals surface area contributed by atoms with Gasteiger partial charge in [0.25, 0.3) is 0 Å². The summed E-state index contributed by atoms with van der Waals surface area (Å²) in [5, 5.41) is 10.3. The third kappa shape index (κ3) is 4.18. The van der Waals surface area contributed by atoms with Crippen molar-refractivity contribution in [2.75, 3.05) is 19.6 Å². The van der Waals surface area contributed by atoms with E-state index in [4.69, 9.17) is 4.74 Å². The van der Waals surface area contributed by atoms with E-state index in [1.807, 2.05) is 48.5 Å². The maximum atomic E-state index is 12.1. The first-order chi connectivity index (χ1) is 11.2. The predicted octanol–water partition coefficient (Wildman–Crippen LogP) is 2.65. The summed E-state index contributed by atoms with van der Waals surface area (Å²) in [4.78, 5) is 14.2. The Morgan fingerprint density at radius 1 is 1.13 bits per heavy atom. The Labute approximate surface area is 136 Å². The van der Waals surface area contributed by atoms with Crippen LogP contribution in [-0.4, -0.2) is 41.7 Å². The number of aliphatic hydroxyl groups is 1. The molecular weight excluding hydrogens is 290 g/mol. The number of carbonyl (C=O) groups is 1. The van der Waals surface area contributed by atoms with Crippen LogP contribution >= 0.6 is 0 Å². The number of nitrogens with zero attached hydrogens (tertiary/aromatic N) is 1. The second-order valence-electron chi connectivity index (χ2n) is 5.87. The van der Waals surface area contributed by atoms with E-state index in [1.54, 1.807) is 12.1 Å². The smallest absolute Gasteiger partial charge is 0.338 e. The number of β-amino-alcohol motifs (C(OH)–C–C–N with tert-alkyl or cyclic N) is 1. The van der Waals surface area contributed by atoms with Crippen LogP contribution in [0.2, 0.25) is 0 Å². The highest BCUT2D eigenvalue weighted by Crippen LogP contribution is 2.19. The molecule has 0 bridgehead atoms. The Kier molecular flexibility index (Phi) is 5.05. The third-order valence-corrected chi connectivity index (χ3v) is 4.13. The molecule has 1 aliphatic rings. The molecule has 23 heavy (non-hydrogen) atoms. The average Bonchev–Trinajstić information content (AvgIpc) is 3.03. The van der Waals surface area contributed by atoms with Crippen molar-refractivity contribution >= 4 is 5.97 Å². The fraction of sp³-hybridized carbons (Fsp3) is 0.316. The Hall–Kier alpha value is -2.17. The SMILES string of the molecule is O=C(OC1CCN(CC(O)c2ccccc2)C1)c1ccccc1. The topological polar surface area (TPSA) is 49.8 Å². The molecule has 2 aromatic rings. The van der Waals surface area contributed by atoms with E-state index in [1.165, 1.54) is 0 Å². The van der Waals surface area contributed by atoms with Crippen molar-refractivity contribution in [1.82, 2.24) is 4.90 Å². The molecule has 0 saturated carbocycles. The van der Waals surface area contributed by atoms with E-state index in [0.29, 0.717) is 18.7 Å². The standard InChI is InChI=1S/C19H21NO3/c21-18(15-7-3-1-4-8-15)14-20-12-11-17(13-20)23-19(22)16-9-5-2-6-10-16/h1-10,17-18,21H,11-14H2. The lowest BCUT2D eigenvalue weighted by atomic mass is 10.1. The predicted molar refractivity (Wildman–Crippen MR) is 88.1 cm³/mol. The first-order valence-corrected chi connectivity index (χ1v) is 7.94. The molecule has 4 nitrogen and oxygen atoms in total. The molecule has 120 valence electrons. The third-order valence-electron chi connectivity index (χ3n) is 4.13. The van der Waals surface area contributed by atoms with Crippen molar-refractivity contribution in [3.8, 4) is 0 Å². The zero-order valence-corrected chi connectivity index (χ0v) is 13.0. The molecule has 2 aromatic carbocycles. The van der Waals surface area contributed by atoms with Crippen LogP contribution in [-0.2, 0) is 4.74 Å². The first-order valence-electron chi connectivity index (χ1n) is 7.94. The maximum Gasteiger partial charge on any atom is 0.338 e. The average molecular weight is 311 g/mol. The summed E-state index contributed by atoms with van der Waals surface area (Å²) in [7, 11) is 0. The van der Waals surface area contributed by atoms with Gasteiger partial charge in [-0.1, -0.05) is 48.5 Å². The lowest BCUT2D eigenvalue weighted by Crippen LogP contribution is -2.29. The number of aliphatic hydroxyl groups excluding tert-OH is 1. The minimum atomic E-state index is -0.514. The Morgan fingerprint density at radius 2 is 1.78 bits per heavy atom.